The number of nitrogens with two attached hydrogens (primary N) is 2. The number of fused-ring (bicyclic) bond motifs is 6. The van der Waals surface area contributed by atoms with Crippen molar-refractivity contribution in [1.29, 1.82) is 0 Å². The number of hydrogen-bond acceptors (Lipinski definition) is 17. The first kappa shape index (κ1) is 30.3. The fourth-order valence-electron chi connectivity index (χ4n) is 5.51. The standard InChI is InChI=1S/C21H26N10O12P2/c1-21-2-8(18(41-21)31-7-27-11-16(31)28-20(23)29-17(11)33)42-44(34,35)38-3-9-12(32)13(43-45(36,37)39-4-21)19(40-9)30-6-26-10-14(22)24-5-25-15(10)30/h5-9,12-13,18-19,32H,2-4H2,1H3,(H,34,35)(H,36,37)(H2,22,24,25)(H3,23,28,29,33)/t8-,9-,12-,13-,18-,19-,21+/m1/s1. The maximum Gasteiger partial charge on any atom is 0.472 e. The van der Waals surface area contributed by atoms with Crippen molar-refractivity contribution in [2.45, 2.75) is 55.8 Å². The largest absolute Gasteiger partial charge is 0.472 e. The molecule has 9 atom stereocenters. The van der Waals surface area contributed by atoms with E-state index in [4.69, 9.17) is 39.0 Å². The number of phosphoric acid groups is 2. The molecular weight excluding hydrogens is 646 g/mol. The molecule has 3 saturated heterocycles. The van der Waals surface area contributed by atoms with E-state index in [1.807, 2.05) is 0 Å². The van der Waals surface area contributed by atoms with E-state index in [1.165, 1.54) is 28.7 Å². The number of anilines is 2. The molecule has 4 aromatic heterocycles. The second-order valence-electron chi connectivity index (χ2n) is 10.8. The quantitative estimate of drug-likeness (QED) is 0.140. The number of nitrogens with zero attached hydrogens (tertiary/aromatic N) is 7. The van der Waals surface area contributed by atoms with Crippen LogP contribution in [0.5, 0.6) is 0 Å². The van der Waals surface area contributed by atoms with Crippen molar-refractivity contribution in [2.24, 2.45) is 0 Å². The number of imidazole rings is 2. The Morgan fingerprint density at radius 1 is 0.978 bits per heavy atom. The number of aliphatic hydroxyl groups excluding tert-OH is 1. The Labute approximate surface area is 250 Å². The monoisotopic (exact) mass is 672 g/mol. The van der Waals surface area contributed by atoms with Crippen LogP contribution in [0.4, 0.5) is 11.8 Å². The van der Waals surface area contributed by atoms with Crippen LogP contribution in [0.2, 0.25) is 0 Å². The topological polar surface area (TPSA) is 309 Å². The minimum Gasteiger partial charge on any atom is -0.387 e. The van der Waals surface area contributed by atoms with E-state index in [0.717, 1.165) is 6.33 Å². The Hall–Kier alpha value is -3.40. The zero-order chi connectivity index (χ0) is 31.9. The molecule has 0 aliphatic carbocycles. The summed E-state index contributed by atoms with van der Waals surface area (Å²) >= 11 is 0. The Kier molecular flexibility index (Phi) is 7.11. The zero-order valence-corrected chi connectivity index (χ0v) is 24.8. The van der Waals surface area contributed by atoms with E-state index >= 15 is 0 Å². The van der Waals surface area contributed by atoms with E-state index in [1.54, 1.807) is 0 Å². The first-order valence-electron chi connectivity index (χ1n) is 13.2. The fraction of sp³-hybridized carbons (Fsp3) is 0.524. The summed E-state index contributed by atoms with van der Waals surface area (Å²) in [6.45, 7) is 0.148. The van der Waals surface area contributed by atoms with Gasteiger partial charge in [0, 0.05) is 6.42 Å². The first-order chi connectivity index (χ1) is 21.2. The Morgan fingerprint density at radius 3 is 2.47 bits per heavy atom. The second-order valence-corrected chi connectivity index (χ2v) is 13.6. The lowest BCUT2D eigenvalue weighted by Crippen LogP contribution is -2.36. The van der Waals surface area contributed by atoms with Gasteiger partial charge in [0.05, 0.1) is 31.5 Å². The first-order valence-corrected chi connectivity index (χ1v) is 16.2. The number of nitrogens with one attached hydrogen (secondary N) is 1. The molecule has 3 aliphatic rings. The summed E-state index contributed by atoms with van der Waals surface area (Å²) in [5, 5.41) is 11.1. The van der Waals surface area contributed by atoms with Crippen LogP contribution in [0.1, 0.15) is 25.8 Å². The lowest BCUT2D eigenvalue weighted by atomic mass is 10.0. The van der Waals surface area contributed by atoms with Crippen LogP contribution in [0.25, 0.3) is 22.3 Å². The van der Waals surface area contributed by atoms with Gasteiger partial charge in [-0.25, -0.2) is 29.1 Å². The summed E-state index contributed by atoms with van der Waals surface area (Å²) in [4.78, 5) is 56.4. The number of phosphoric ester groups is 2. The van der Waals surface area contributed by atoms with E-state index in [2.05, 4.69) is 29.9 Å². The highest BCUT2D eigenvalue weighted by molar-refractivity contribution is 7.47. The molecule has 0 spiro atoms. The SMILES string of the molecule is C[C@@]12COP(=O)(O)O[C@@H]3[C@H](O)[C@@H](COP(=O)(O)O[C@H](C1)[C@H](n1cnc4c(=O)[nH]c(N)nc41)O2)O[C@H]3n1cnc2c(N)ncnc21. The second kappa shape index (κ2) is 10.6. The molecule has 0 saturated carbocycles. The summed E-state index contributed by atoms with van der Waals surface area (Å²) < 4.78 is 62.5. The Bertz CT molecular complexity index is 1950. The predicted octanol–water partition coefficient (Wildman–Crippen LogP) is -0.922. The number of aromatic nitrogens is 8. The highest BCUT2D eigenvalue weighted by atomic mass is 31.2. The van der Waals surface area contributed by atoms with E-state index in [-0.39, 0.29) is 40.5 Å². The summed E-state index contributed by atoms with van der Waals surface area (Å²) in [7, 11) is -9.91. The highest BCUT2D eigenvalue weighted by Crippen LogP contribution is 2.55. The summed E-state index contributed by atoms with van der Waals surface area (Å²) in [5.74, 6) is -0.186. The molecule has 4 bridgehead atoms. The lowest BCUT2D eigenvalue weighted by Gasteiger charge is -2.27. The van der Waals surface area contributed by atoms with Crippen LogP contribution in [0.15, 0.2) is 23.8 Å². The van der Waals surface area contributed by atoms with Crippen LogP contribution in [0, 0.1) is 0 Å². The minimum atomic E-state index is -4.98. The van der Waals surface area contributed by atoms with Crippen LogP contribution < -0.4 is 17.0 Å². The third-order valence-electron chi connectivity index (χ3n) is 7.51. The Balaban J connectivity index is 1.23. The van der Waals surface area contributed by atoms with Gasteiger partial charge < -0.3 is 35.8 Å². The van der Waals surface area contributed by atoms with E-state index in [9.17, 15) is 28.8 Å². The third kappa shape index (κ3) is 5.42. The predicted molar refractivity (Wildman–Crippen MR) is 147 cm³/mol. The molecule has 2 unspecified atom stereocenters. The van der Waals surface area contributed by atoms with E-state index < -0.39 is 76.9 Å². The van der Waals surface area contributed by atoms with Gasteiger partial charge in [-0.1, -0.05) is 0 Å². The number of rotatable bonds is 2. The normalized spacial score (nSPS) is 37.7. The van der Waals surface area contributed by atoms with Gasteiger partial charge in [0.1, 0.15) is 36.3 Å². The average molecular weight is 672 g/mol. The van der Waals surface area contributed by atoms with Gasteiger partial charge in [-0.15, -0.1) is 0 Å². The van der Waals surface area contributed by atoms with Gasteiger partial charge in [-0.2, -0.15) is 4.98 Å². The number of aliphatic hydroxyl groups is 1. The fourth-order valence-corrected chi connectivity index (χ4v) is 7.46. The smallest absolute Gasteiger partial charge is 0.387 e. The molecule has 4 aromatic rings. The molecule has 22 nitrogen and oxygen atoms in total. The molecule has 0 amide bonds. The van der Waals surface area contributed by atoms with Crippen molar-refractivity contribution in [3.63, 3.8) is 0 Å². The van der Waals surface area contributed by atoms with Gasteiger partial charge in [0.15, 0.2) is 35.1 Å². The highest BCUT2D eigenvalue weighted by Gasteiger charge is 2.53. The number of nitrogen functional groups attached to an aromatic ring is 2. The molecule has 3 aliphatic heterocycles. The molecular formula is C21H26N10O12P2. The number of aromatic amines is 1. The number of ether oxygens (including phenoxy) is 2. The van der Waals surface area contributed by atoms with Crippen LogP contribution in [-0.2, 0) is 36.7 Å². The molecule has 7 heterocycles. The van der Waals surface area contributed by atoms with Crippen LogP contribution >= 0.6 is 15.6 Å². The number of H-pyrrole nitrogens is 1. The molecule has 242 valence electrons. The van der Waals surface area contributed by atoms with Crippen LogP contribution in [0.3, 0.4) is 0 Å². The van der Waals surface area contributed by atoms with Crippen molar-refractivity contribution < 1.29 is 51.6 Å². The molecule has 8 N–H and O–H groups in total. The Morgan fingerprint density at radius 2 is 1.69 bits per heavy atom. The average Bonchev–Trinajstić information content (AvgIpc) is 3.71. The van der Waals surface area contributed by atoms with Crippen molar-refractivity contribution in [3.05, 3.63) is 29.3 Å². The van der Waals surface area contributed by atoms with Gasteiger partial charge in [-0.3, -0.25) is 37.0 Å². The maximum absolute atomic E-state index is 13.3. The van der Waals surface area contributed by atoms with E-state index in [0.29, 0.717) is 0 Å². The molecule has 0 radical (unpaired) electrons. The van der Waals surface area contributed by atoms with Crippen molar-refractivity contribution in [2.75, 3.05) is 24.7 Å². The molecule has 24 heteroatoms. The number of hydrogen-bond donors (Lipinski definition) is 6. The zero-order valence-electron chi connectivity index (χ0n) is 23.0. The van der Waals surface area contributed by atoms with Crippen molar-refractivity contribution in [1.82, 2.24) is 39.0 Å². The van der Waals surface area contributed by atoms with Gasteiger partial charge in [-0.05, 0) is 6.92 Å². The van der Waals surface area contributed by atoms with Crippen LogP contribution in [-0.4, -0.2) is 97.2 Å². The maximum atomic E-state index is 13.3. The summed E-state index contributed by atoms with van der Waals surface area (Å²) in [6.07, 6.45) is -5.17. The summed E-state index contributed by atoms with van der Waals surface area (Å²) in [5.41, 5.74) is 9.67. The van der Waals surface area contributed by atoms with Crippen molar-refractivity contribution >= 4 is 49.7 Å². The summed E-state index contributed by atoms with van der Waals surface area (Å²) in [6, 6.07) is 0. The van der Waals surface area contributed by atoms with Crippen molar-refractivity contribution in [3.8, 4) is 0 Å². The van der Waals surface area contributed by atoms with Gasteiger partial charge >= 0.3 is 15.6 Å². The minimum absolute atomic E-state index is 0.0262. The van der Waals surface area contributed by atoms with Gasteiger partial charge in [0.25, 0.3) is 5.56 Å². The lowest BCUT2D eigenvalue weighted by molar-refractivity contribution is -0.101. The molecule has 0 aromatic carbocycles. The molecule has 7 rings (SSSR count). The molecule has 45 heavy (non-hydrogen) atoms. The van der Waals surface area contributed by atoms with Gasteiger partial charge in [0.2, 0.25) is 5.95 Å². The molecule has 3 fully saturated rings. The third-order valence-corrected chi connectivity index (χ3v) is 9.49.